The summed E-state index contributed by atoms with van der Waals surface area (Å²) in [4.78, 5) is 0. The Balaban J connectivity index is 1.95. The summed E-state index contributed by atoms with van der Waals surface area (Å²) in [6, 6.07) is 32.6. The van der Waals surface area contributed by atoms with Crippen molar-refractivity contribution in [3.05, 3.63) is 91.0 Å². The number of alkyl halides is 2. The predicted molar refractivity (Wildman–Crippen MR) is 113 cm³/mol. The highest BCUT2D eigenvalue weighted by Gasteiger charge is 2.59. The quantitative estimate of drug-likeness (QED) is 0.419. The van der Waals surface area contributed by atoms with E-state index in [1.165, 1.54) is 15.9 Å². The average Bonchev–Trinajstić information content (AvgIpc) is 3.28. The maximum absolute atomic E-state index is 6.46. The van der Waals surface area contributed by atoms with Gasteiger partial charge < -0.3 is 0 Å². The van der Waals surface area contributed by atoms with Crippen molar-refractivity contribution in [2.75, 3.05) is 6.16 Å². The van der Waals surface area contributed by atoms with E-state index in [0.29, 0.717) is 5.92 Å². The number of hydrogen-bond acceptors (Lipinski definition) is 0. The Labute approximate surface area is 160 Å². The monoisotopic (exact) mass is 385 g/mol. The Kier molecular flexibility index (Phi) is 4.63. The van der Waals surface area contributed by atoms with Gasteiger partial charge >= 0.3 is 0 Å². The highest BCUT2D eigenvalue weighted by Crippen LogP contribution is 2.65. The molecule has 0 N–H and O–H groups in total. The predicted octanol–water partition coefficient (Wildman–Crippen LogP) is 5.17. The molecule has 0 aliphatic heterocycles. The van der Waals surface area contributed by atoms with Crippen LogP contribution in [-0.2, 0) is 0 Å². The van der Waals surface area contributed by atoms with Gasteiger partial charge in [0.2, 0.25) is 0 Å². The molecular weight excluding hydrogens is 366 g/mol. The van der Waals surface area contributed by atoms with Crippen LogP contribution in [0.2, 0.25) is 0 Å². The van der Waals surface area contributed by atoms with Crippen LogP contribution in [0.25, 0.3) is 0 Å². The lowest BCUT2D eigenvalue weighted by molar-refractivity contribution is 0.971. The van der Waals surface area contributed by atoms with Gasteiger partial charge in [0, 0.05) is 5.92 Å². The van der Waals surface area contributed by atoms with Crippen molar-refractivity contribution in [3.63, 3.8) is 0 Å². The third kappa shape index (κ3) is 3.24. The van der Waals surface area contributed by atoms with E-state index in [4.69, 9.17) is 23.2 Å². The summed E-state index contributed by atoms with van der Waals surface area (Å²) in [5.41, 5.74) is 0. The first-order valence-electron chi connectivity index (χ1n) is 8.56. The summed E-state index contributed by atoms with van der Waals surface area (Å²) in [5, 5.41) is 4.18. The molecule has 1 aliphatic carbocycles. The molecule has 4 rings (SSSR count). The smallest absolute Gasteiger partial charge is 0.101 e. The maximum atomic E-state index is 6.46. The summed E-state index contributed by atoms with van der Waals surface area (Å²) in [6.07, 6.45) is 1.89. The molecule has 0 amide bonds. The van der Waals surface area contributed by atoms with Crippen molar-refractivity contribution in [2.45, 2.75) is 10.8 Å². The zero-order valence-electron chi connectivity index (χ0n) is 13.9. The van der Waals surface area contributed by atoms with E-state index < -0.39 is 11.6 Å². The Hall–Kier alpha value is -1.33. The molecule has 126 valence electrons. The van der Waals surface area contributed by atoms with Crippen LogP contribution in [0.4, 0.5) is 0 Å². The van der Waals surface area contributed by atoms with Gasteiger partial charge in [-0.05, 0) is 42.8 Å². The van der Waals surface area contributed by atoms with Crippen LogP contribution in [0, 0.1) is 5.92 Å². The molecule has 25 heavy (non-hydrogen) atoms. The lowest BCUT2D eigenvalue weighted by atomic mass is 10.3. The van der Waals surface area contributed by atoms with Gasteiger partial charge in [-0.15, -0.1) is 23.2 Å². The van der Waals surface area contributed by atoms with Crippen molar-refractivity contribution >= 4 is 46.4 Å². The molecule has 1 fully saturated rings. The lowest BCUT2D eigenvalue weighted by Crippen LogP contribution is -2.34. The Morgan fingerprint density at radius 1 is 0.680 bits per heavy atom. The molecular formula is C22H20Cl2P+. The van der Waals surface area contributed by atoms with Gasteiger partial charge in [0.1, 0.15) is 27.5 Å². The minimum atomic E-state index is -1.80. The zero-order valence-corrected chi connectivity index (χ0v) is 16.3. The second kappa shape index (κ2) is 6.76. The lowest BCUT2D eigenvalue weighted by Gasteiger charge is -2.28. The van der Waals surface area contributed by atoms with Crippen molar-refractivity contribution in [1.82, 2.24) is 0 Å². The minimum Gasteiger partial charge on any atom is -0.101 e. The molecule has 3 heteroatoms. The fourth-order valence-electron chi connectivity index (χ4n) is 3.61. The summed E-state index contributed by atoms with van der Waals surface area (Å²) in [5.74, 6) is 0.338. The molecule has 0 aromatic heterocycles. The normalized spacial score (nSPS) is 18.7. The second-order valence-electron chi connectivity index (χ2n) is 6.66. The molecule has 3 aromatic carbocycles. The molecule has 1 atom stereocenters. The highest BCUT2D eigenvalue weighted by atomic mass is 35.5. The van der Waals surface area contributed by atoms with Gasteiger partial charge in [-0.3, -0.25) is 0 Å². The van der Waals surface area contributed by atoms with Crippen molar-refractivity contribution in [1.29, 1.82) is 0 Å². The molecule has 3 aromatic rings. The molecule has 0 saturated heterocycles. The highest BCUT2D eigenvalue weighted by molar-refractivity contribution is 7.95. The third-order valence-corrected chi connectivity index (χ3v) is 10.5. The van der Waals surface area contributed by atoms with Crippen molar-refractivity contribution in [2.24, 2.45) is 5.92 Å². The second-order valence-corrected chi connectivity index (χ2v) is 11.7. The van der Waals surface area contributed by atoms with E-state index in [9.17, 15) is 0 Å². The maximum Gasteiger partial charge on any atom is 0.125 e. The number of hydrogen-bond donors (Lipinski definition) is 0. The largest absolute Gasteiger partial charge is 0.125 e. The van der Waals surface area contributed by atoms with Crippen LogP contribution in [0.5, 0.6) is 0 Å². The summed E-state index contributed by atoms with van der Waals surface area (Å²) in [7, 11) is -1.80. The molecule has 0 radical (unpaired) electrons. The molecule has 0 bridgehead atoms. The van der Waals surface area contributed by atoms with Crippen LogP contribution in [0.15, 0.2) is 91.0 Å². The van der Waals surface area contributed by atoms with Crippen LogP contribution in [0.1, 0.15) is 6.42 Å². The standard InChI is InChI=1S/C22H20Cl2P/c23-22(24)16-18(22)17-25(19-10-4-1-5-11-19,20-12-6-2-7-13-20)21-14-8-3-9-15-21/h1-15,18H,16-17H2/q+1. The summed E-state index contributed by atoms with van der Waals surface area (Å²) >= 11 is 12.9. The van der Waals surface area contributed by atoms with Crippen molar-refractivity contribution < 1.29 is 0 Å². The van der Waals surface area contributed by atoms with Gasteiger partial charge in [-0.1, -0.05) is 54.6 Å². The van der Waals surface area contributed by atoms with Gasteiger partial charge in [-0.25, -0.2) is 0 Å². The van der Waals surface area contributed by atoms with Gasteiger partial charge in [0.25, 0.3) is 0 Å². The Morgan fingerprint density at radius 3 is 1.28 bits per heavy atom. The van der Waals surface area contributed by atoms with Crippen molar-refractivity contribution in [3.8, 4) is 0 Å². The van der Waals surface area contributed by atoms with E-state index in [1.807, 2.05) is 0 Å². The minimum absolute atomic E-state index is 0.338. The van der Waals surface area contributed by atoms with Crippen LogP contribution in [0.3, 0.4) is 0 Å². The number of benzene rings is 3. The average molecular weight is 386 g/mol. The van der Waals surface area contributed by atoms with Gasteiger partial charge in [0.15, 0.2) is 0 Å². The number of rotatable bonds is 5. The first kappa shape index (κ1) is 17.1. The zero-order chi connectivity index (χ0) is 17.3. The molecule has 0 nitrogen and oxygen atoms in total. The molecule has 0 spiro atoms. The summed E-state index contributed by atoms with van der Waals surface area (Å²) in [6.45, 7) is 0. The molecule has 1 saturated carbocycles. The topological polar surface area (TPSA) is 0 Å². The summed E-state index contributed by atoms with van der Waals surface area (Å²) < 4.78 is -0.566. The van der Waals surface area contributed by atoms with Gasteiger partial charge in [0.05, 0.1) is 6.16 Å². The van der Waals surface area contributed by atoms with Crippen LogP contribution >= 0.6 is 30.5 Å². The molecule has 1 aliphatic rings. The first-order valence-corrected chi connectivity index (χ1v) is 11.3. The fraction of sp³-hybridized carbons (Fsp3) is 0.182. The van der Waals surface area contributed by atoms with E-state index in [0.717, 1.165) is 12.6 Å². The van der Waals surface area contributed by atoms with Crippen LogP contribution in [-0.4, -0.2) is 10.5 Å². The Morgan fingerprint density at radius 2 is 1.00 bits per heavy atom. The number of halogens is 2. The van der Waals surface area contributed by atoms with E-state index in [-0.39, 0.29) is 0 Å². The third-order valence-electron chi connectivity index (χ3n) is 5.04. The Bertz CT molecular complexity index is 735. The molecule has 0 heterocycles. The fourth-order valence-corrected chi connectivity index (χ4v) is 9.02. The molecule has 1 unspecified atom stereocenters. The first-order chi connectivity index (χ1) is 12.1. The van der Waals surface area contributed by atoms with Crippen LogP contribution < -0.4 is 15.9 Å². The SMILES string of the molecule is ClC1(Cl)CC1C[P+](c1ccccc1)(c1ccccc1)c1ccccc1. The van der Waals surface area contributed by atoms with E-state index >= 15 is 0 Å². The van der Waals surface area contributed by atoms with E-state index in [2.05, 4.69) is 91.0 Å². The van der Waals surface area contributed by atoms with E-state index in [1.54, 1.807) is 0 Å². The van der Waals surface area contributed by atoms with Gasteiger partial charge in [-0.2, -0.15) is 0 Å².